The van der Waals surface area contributed by atoms with Crippen molar-refractivity contribution in [1.82, 2.24) is 15.5 Å². The molecule has 6 heteroatoms. The first-order valence-electron chi connectivity index (χ1n) is 8.08. The highest BCUT2D eigenvalue weighted by molar-refractivity contribution is 6.30. The van der Waals surface area contributed by atoms with Gasteiger partial charge in [0.05, 0.1) is 0 Å². The van der Waals surface area contributed by atoms with Crippen LogP contribution in [-0.4, -0.2) is 29.7 Å². The molecule has 0 atom stereocenters. The molecule has 0 bridgehead atoms. The second kappa shape index (κ2) is 6.77. The summed E-state index contributed by atoms with van der Waals surface area (Å²) in [5.41, 5.74) is 1.64. The van der Waals surface area contributed by atoms with Crippen LogP contribution in [0.5, 0.6) is 0 Å². The number of hydrogen-bond donors (Lipinski definition) is 2. The van der Waals surface area contributed by atoms with E-state index >= 15 is 0 Å². The summed E-state index contributed by atoms with van der Waals surface area (Å²) in [5, 5.41) is 14.7. The van der Waals surface area contributed by atoms with Gasteiger partial charge in [-0.2, -0.15) is 0 Å². The average Bonchev–Trinajstić information content (AvgIpc) is 2.57. The summed E-state index contributed by atoms with van der Waals surface area (Å²) in [6, 6.07) is 11.5. The number of rotatable bonds is 5. The number of carbonyl (C=O) groups is 1. The van der Waals surface area contributed by atoms with Crippen LogP contribution in [0.1, 0.15) is 35.8 Å². The molecule has 2 N–H and O–H groups in total. The van der Waals surface area contributed by atoms with E-state index in [0.29, 0.717) is 17.4 Å². The van der Waals surface area contributed by atoms with Gasteiger partial charge >= 0.3 is 0 Å². The first-order chi connectivity index (χ1) is 11.5. The Morgan fingerprint density at radius 1 is 1.29 bits per heavy atom. The van der Waals surface area contributed by atoms with Crippen LogP contribution in [0.4, 0.5) is 5.82 Å². The second-order valence-corrected chi connectivity index (χ2v) is 6.98. The van der Waals surface area contributed by atoms with Crippen molar-refractivity contribution in [2.45, 2.75) is 25.2 Å². The molecule has 1 heterocycles. The average molecular weight is 345 g/mol. The molecular weight excluding hydrogens is 324 g/mol. The number of carbonyl (C=O) groups excluding carboxylic acids is 1. The lowest BCUT2D eigenvalue weighted by Gasteiger charge is -2.47. The predicted octanol–water partition coefficient (Wildman–Crippen LogP) is 3.27. The first-order valence-corrected chi connectivity index (χ1v) is 8.46. The largest absolute Gasteiger partial charge is 0.368 e. The Balaban J connectivity index is 1.72. The Labute approximate surface area is 146 Å². The van der Waals surface area contributed by atoms with Gasteiger partial charge in [-0.05, 0) is 48.6 Å². The topological polar surface area (TPSA) is 66.9 Å². The fourth-order valence-corrected chi connectivity index (χ4v) is 3.70. The maximum absolute atomic E-state index is 11.5. The molecule has 2 aromatic rings. The van der Waals surface area contributed by atoms with Gasteiger partial charge in [0.15, 0.2) is 5.69 Å². The second-order valence-electron chi connectivity index (χ2n) is 6.54. The Morgan fingerprint density at radius 2 is 2.08 bits per heavy atom. The molecule has 0 unspecified atom stereocenters. The van der Waals surface area contributed by atoms with Gasteiger partial charge in [0.2, 0.25) is 0 Å². The van der Waals surface area contributed by atoms with Crippen LogP contribution in [0, 0.1) is 5.92 Å². The molecular formula is C18H21ClN4O. The molecule has 1 aliphatic rings. The molecule has 24 heavy (non-hydrogen) atoms. The lowest BCUT2D eigenvalue weighted by molar-refractivity contribution is 0.0957. The maximum atomic E-state index is 11.5. The van der Waals surface area contributed by atoms with E-state index in [1.165, 1.54) is 5.56 Å². The Kier molecular flexibility index (Phi) is 4.71. The van der Waals surface area contributed by atoms with Crippen LogP contribution in [0.3, 0.4) is 0 Å². The molecule has 3 rings (SSSR count). The van der Waals surface area contributed by atoms with Crippen LogP contribution < -0.4 is 10.6 Å². The first kappa shape index (κ1) is 16.7. The van der Waals surface area contributed by atoms with E-state index in [9.17, 15) is 4.79 Å². The minimum absolute atomic E-state index is 0.0749. The summed E-state index contributed by atoms with van der Waals surface area (Å²) in [7, 11) is 1.57. The lowest BCUT2D eigenvalue weighted by Crippen LogP contribution is -2.45. The molecule has 1 fully saturated rings. The van der Waals surface area contributed by atoms with E-state index in [1.807, 2.05) is 12.1 Å². The van der Waals surface area contributed by atoms with E-state index < -0.39 is 0 Å². The van der Waals surface area contributed by atoms with Gasteiger partial charge in [0.1, 0.15) is 5.82 Å². The normalized spacial score (nSPS) is 22.5. The summed E-state index contributed by atoms with van der Waals surface area (Å²) in [4.78, 5) is 11.5. The molecule has 1 aliphatic carbocycles. The van der Waals surface area contributed by atoms with Gasteiger partial charge < -0.3 is 10.6 Å². The van der Waals surface area contributed by atoms with Crippen molar-refractivity contribution in [3.05, 3.63) is 52.7 Å². The van der Waals surface area contributed by atoms with Crippen LogP contribution in [0.2, 0.25) is 5.02 Å². The van der Waals surface area contributed by atoms with E-state index in [2.05, 4.69) is 39.9 Å². The molecule has 0 radical (unpaired) electrons. The zero-order chi connectivity index (χ0) is 17.2. The highest BCUT2D eigenvalue weighted by Crippen LogP contribution is 2.48. The van der Waals surface area contributed by atoms with Crippen molar-refractivity contribution in [2.75, 3.05) is 18.9 Å². The minimum atomic E-state index is -0.239. The Hall–Kier alpha value is -2.14. The van der Waals surface area contributed by atoms with E-state index in [0.717, 1.165) is 24.4 Å². The number of benzene rings is 1. The number of nitrogens with zero attached hydrogens (tertiary/aromatic N) is 2. The monoisotopic (exact) mass is 344 g/mol. The number of anilines is 1. The van der Waals surface area contributed by atoms with Crippen LogP contribution in [0.15, 0.2) is 36.4 Å². The highest BCUT2D eigenvalue weighted by atomic mass is 35.5. The molecule has 0 aliphatic heterocycles. The summed E-state index contributed by atoms with van der Waals surface area (Å²) in [6.45, 7) is 3.03. The Morgan fingerprint density at radius 3 is 2.67 bits per heavy atom. The molecule has 126 valence electrons. The fraction of sp³-hybridized carbons (Fsp3) is 0.389. The highest BCUT2D eigenvalue weighted by Gasteiger charge is 2.43. The molecule has 1 aromatic heterocycles. The van der Waals surface area contributed by atoms with Gasteiger partial charge in [0.25, 0.3) is 5.91 Å². The molecule has 0 saturated heterocycles. The zero-order valence-electron chi connectivity index (χ0n) is 13.8. The Bertz CT molecular complexity index is 726. The molecule has 5 nitrogen and oxygen atoms in total. The third-order valence-electron chi connectivity index (χ3n) is 4.65. The third kappa shape index (κ3) is 3.36. The number of hydrogen-bond acceptors (Lipinski definition) is 4. The molecule has 1 saturated carbocycles. The van der Waals surface area contributed by atoms with Gasteiger partial charge in [0, 0.05) is 24.0 Å². The van der Waals surface area contributed by atoms with Crippen molar-refractivity contribution in [1.29, 1.82) is 0 Å². The number of amides is 1. The zero-order valence-corrected chi connectivity index (χ0v) is 14.6. The lowest BCUT2D eigenvalue weighted by atomic mass is 9.59. The van der Waals surface area contributed by atoms with Gasteiger partial charge in [-0.15, -0.1) is 10.2 Å². The summed E-state index contributed by atoms with van der Waals surface area (Å²) >= 11 is 6.17. The van der Waals surface area contributed by atoms with Crippen LogP contribution in [0.25, 0.3) is 0 Å². The van der Waals surface area contributed by atoms with Crippen molar-refractivity contribution < 1.29 is 4.79 Å². The smallest absolute Gasteiger partial charge is 0.271 e. The van der Waals surface area contributed by atoms with E-state index in [4.69, 9.17) is 11.6 Å². The number of halogens is 1. The number of aromatic nitrogens is 2. The van der Waals surface area contributed by atoms with Crippen LogP contribution in [-0.2, 0) is 5.41 Å². The quantitative estimate of drug-likeness (QED) is 0.873. The standard InChI is InChI=1S/C18H21ClN4O/c1-12-9-18(10-12,13-4-3-5-14(19)8-13)11-21-16-7-6-15(22-23-16)17(24)20-2/h3-8,12H,9-11H2,1-2H3,(H,20,24)(H,21,23). The predicted molar refractivity (Wildman–Crippen MR) is 95.4 cm³/mol. The van der Waals surface area contributed by atoms with Crippen molar-refractivity contribution in [3.8, 4) is 0 Å². The third-order valence-corrected chi connectivity index (χ3v) is 4.88. The molecule has 0 spiro atoms. The van der Waals surface area contributed by atoms with Crippen molar-refractivity contribution in [3.63, 3.8) is 0 Å². The number of nitrogens with one attached hydrogen (secondary N) is 2. The summed E-state index contributed by atoms with van der Waals surface area (Å²) < 4.78 is 0. The van der Waals surface area contributed by atoms with E-state index in [-0.39, 0.29) is 11.3 Å². The van der Waals surface area contributed by atoms with Gasteiger partial charge in [-0.25, -0.2) is 0 Å². The van der Waals surface area contributed by atoms with Crippen LogP contribution >= 0.6 is 11.6 Å². The van der Waals surface area contributed by atoms with Gasteiger partial charge in [-0.3, -0.25) is 4.79 Å². The molecule has 1 aromatic carbocycles. The SMILES string of the molecule is CNC(=O)c1ccc(NCC2(c3cccc(Cl)c3)CC(C)C2)nn1. The van der Waals surface area contributed by atoms with Gasteiger partial charge in [-0.1, -0.05) is 30.7 Å². The van der Waals surface area contributed by atoms with E-state index in [1.54, 1.807) is 19.2 Å². The van der Waals surface area contributed by atoms with Crippen molar-refractivity contribution in [2.24, 2.45) is 5.92 Å². The fourth-order valence-electron chi connectivity index (χ4n) is 3.51. The summed E-state index contributed by atoms with van der Waals surface area (Å²) in [6.07, 6.45) is 2.23. The minimum Gasteiger partial charge on any atom is -0.368 e. The molecule has 1 amide bonds. The maximum Gasteiger partial charge on any atom is 0.271 e. The summed E-state index contributed by atoms with van der Waals surface area (Å²) in [5.74, 6) is 1.13. The van der Waals surface area contributed by atoms with Crippen molar-refractivity contribution >= 4 is 23.3 Å².